The van der Waals surface area contributed by atoms with Crippen molar-refractivity contribution in [2.75, 3.05) is 0 Å². The molecule has 0 aromatic heterocycles. The number of fused-ring (bicyclic) bond motifs is 3. The van der Waals surface area contributed by atoms with Gasteiger partial charge in [0, 0.05) is 5.56 Å². The average Bonchev–Trinajstić information content (AvgIpc) is 2.63. The molecule has 1 aromatic rings. The SMILES string of the molecule is Fc1ccc2c(c1)C=C1OC12. The van der Waals surface area contributed by atoms with E-state index in [0.29, 0.717) is 0 Å². The second kappa shape index (κ2) is 1.47. The van der Waals surface area contributed by atoms with Gasteiger partial charge in [-0.05, 0) is 23.8 Å². The third kappa shape index (κ3) is 0.589. The highest BCUT2D eigenvalue weighted by Crippen LogP contribution is 2.50. The zero-order chi connectivity index (χ0) is 7.42. The van der Waals surface area contributed by atoms with Gasteiger partial charge in [-0.3, -0.25) is 0 Å². The lowest BCUT2D eigenvalue weighted by Gasteiger charge is -1.97. The summed E-state index contributed by atoms with van der Waals surface area (Å²) in [7, 11) is 0. The first-order chi connectivity index (χ1) is 5.34. The third-order valence-corrected chi connectivity index (χ3v) is 2.08. The predicted molar refractivity (Wildman–Crippen MR) is 38.2 cm³/mol. The average molecular weight is 148 g/mol. The Morgan fingerprint density at radius 3 is 3.18 bits per heavy atom. The van der Waals surface area contributed by atoms with Crippen molar-refractivity contribution in [3.8, 4) is 0 Å². The summed E-state index contributed by atoms with van der Waals surface area (Å²) in [6, 6.07) is 4.79. The van der Waals surface area contributed by atoms with Crippen LogP contribution in [0.3, 0.4) is 0 Å². The zero-order valence-corrected chi connectivity index (χ0v) is 5.67. The molecule has 2 heteroatoms. The topological polar surface area (TPSA) is 12.5 Å². The summed E-state index contributed by atoms with van der Waals surface area (Å²) in [4.78, 5) is 0. The molecule has 0 spiro atoms. The van der Waals surface area contributed by atoms with Gasteiger partial charge in [-0.25, -0.2) is 4.39 Å². The number of ether oxygens (including phenoxy) is 1. The molecular weight excluding hydrogens is 143 g/mol. The third-order valence-electron chi connectivity index (χ3n) is 2.08. The van der Waals surface area contributed by atoms with Gasteiger partial charge in [-0.1, -0.05) is 6.07 Å². The van der Waals surface area contributed by atoms with Gasteiger partial charge < -0.3 is 4.74 Å². The van der Waals surface area contributed by atoms with E-state index < -0.39 is 0 Å². The molecule has 1 aromatic carbocycles. The fourth-order valence-corrected chi connectivity index (χ4v) is 1.49. The highest BCUT2D eigenvalue weighted by molar-refractivity contribution is 5.68. The van der Waals surface area contributed by atoms with E-state index in [0.717, 1.165) is 16.9 Å². The minimum Gasteiger partial charge on any atom is -0.478 e. The van der Waals surface area contributed by atoms with E-state index in [2.05, 4.69) is 0 Å². The van der Waals surface area contributed by atoms with E-state index in [1.807, 2.05) is 6.08 Å². The largest absolute Gasteiger partial charge is 0.478 e. The highest BCUT2D eigenvalue weighted by atomic mass is 19.1. The molecule has 1 aliphatic heterocycles. The number of benzene rings is 1. The van der Waals surface area contributed by atoms with E-state index in [-0.39, 0.29) is 11.9 Å². The Bertz CT molecular complexity index is 368. The second-order valence-electron chi connectivity index (χ2n) is 2.82. The molecule has 3 rings (SSSR count). The maximum atomic E-state index is 12.6. The molecule has 0 saturated carbocycles. The van der Waals surface area contributed by atoms with Crippen molar-refractivity contribution >= 4 is 6.08 Å². The maximum Gasteiger partial charge on any atom is 0.181 e. The summed E-state index contributed by atoms with van der Waals surface area (Å²) < 4.78 is 17.8. The summed E-state index contributed by atoms with van der Waals surface area (Å²) >= 11 is 0. The Hall–Kier alpha value is -1.31. The molecule has 0 bridgehead atoms. The van der Waals surface area contributed by atoms with Gasteiger partial charge in [0.1, 0.15) is 11.6 Å². The first-order valence-electron chi connectivity index (χ1n) is 3.52. The first-order valence-corrected chi connectivity index (χ1v) is 3.52. The second-order valence-corrected chi connectivity index (χ2v) is 2.82. The fourth-order valence-electron chi connectivity index (χ4n) is 1.49. The lowest BCUT2D eigenvalue weighted by atomic mass is 10.1. The zero-order valence-electron chi connectivity index (χ0n) is 5.67. The molecule has 1 atom stereocenters. The lowest BCUT2D eigenvalue weighted by Crippen LogP contribution is -1.84. The van der Waals surface area contributed by atoms with Crippen molar-refractivity contribution in [3.63, 3.8) is 0 Å². The van der Waals surface area contributed by atoms with E-state index in [1.54, 1.807) is 6.07 Å². The van der Waals surface area contributed by atoms with Gasteiger partial charge in [0.2, 0.25) is 0 Å². The summed E-state index contributed by atoms with van der Waals surface area (Å²) in [6.45, 7) is 0. The molecule has 1 aliphatic carbocycles. The molecule has 1 heterocycles. The molecule has 0 N–H and O–H groups in total. The van der Waals surface area contributed by atoms with Gasteiger partial charge in [0.25, 0.3) is 0 Å². The Kier molecular flexibility index (Phi) is 0.716. The number of halogens is 1. The molecule has 0 radical (unpaired) electrons. The first kappa shape index (κ1) is 5.35. The molecule has 11 heavy (non-hydrogen) atoms. The van der Waals surface area contributed by atoms with Gasteiger partial charge in [0.05, 0.1) is 0 Å². The Morgan fingerprint density at radius 2 is 2.27 bits per heavy atom. The van der Waals surface area contributed by atoms with Crippen molar-refractivity contribution in [2.45, 2.75) is 6.10 Å². The number of hydrogen-bond acceptors (Lipinski definition) is 1. The summed E-state index contributed by atoms with van der Waals surface area (Å²) in [5.74, 6) is 0.799. The number of hydrogen-bond donors (Lipinski definition) is 0. The van der Waals surface area contributed by atoms with Crippen LogP contribution in [0.25, 0.3) is 6.08 Å². The fraction of sp³-hybridized carbons (Fsp3) is 0.111. The van der Waals surface area contributed by atoms with Crippen LogP contribution in [0.4, 0.5) is 4.39 Å². The van der Waals surface area contributed by atoms with E-state index in [4.69, 9.17) is 4.74 Å². The van der Waals surface area contributed by atoms with Crippen molar-refractivity contribution in [1.29, 1.82) is 0 Å². The van der Waals surface area contributed by atoms with Gasteiger partial charge in [0.15, 0.2) is 6.10 Å². The van der Waals surface area contributed by atoms with Crippen LogP contribution in [0.15, 0.2) is 24.0 Å². The normalized spacial score (nSPS) is 23.4. The standard InChI is InChI=1S/C9H5FO/c10-6-1-2-7-5(3-6)4-8-9(7)11-8/h1-4,9H. The van der Waals surface area contributed by atoms with Crippen LogP contribution in [-0.4, -0.2) is 0 Å². The van der Waals surface area contributed by atoms with Gasteiger partial charge in [-0.2, -0.15) is 0 Å². The van der Waals surface area contributed by atoms with Crippen molar-refractivity contribution < 1.29 is 9.13 Å². The highest BCUT2D eigenvalue weighted by Gasteiger charge is 2.40. The van der Waals surface area contributed by atoms with Gasteiger partial charge >= 0.3 is 0 Å². The van der Waals surface area contributed by atoms with Gasteiger partial charge in [-0.15, -0.1) is 0 Å². The molecule has 2 aliphatic rings. The Balaban J connectivity index is 2.26. The van der Waals surface area contributed by atoms with E-state index >= 15 is 0 Å². The van der Waals surface area contributed by atoms with Crippen LogP contribution in [0, 0.1) is 5.82 Å². The molecule has 1 fully saturated rings. The van der Waals surface area contributed by atoms with E-state index in [9.17, 15) is 4.39 Å². The van der Waals surface area contributed by atoms with Crippen LogP contribution < -0.4 is 0 Å². The minimum atomic E-state index is -0.179. The molecule has 1 nitrogen and oxygen atoms in total. The molecule has 1 unspecified atom stereocenters. The summed E-state index contributed by atoms with van der Waals surface area (Å²) in [5.41, 5.74) is 2.07. The van der Waals surface area contributed by atoms with Crippen LogP contribution in [0.2, 0.25) is 0 Å². The maximum absolute atomic E-state index is 12.6. The van der Waals surface area contributed by atoms with E-state index in [1.165, 1.54) is 12.1 Å². The van der Waals surface area contributed by atoms with Crippen molar-refractivity contribution in [1.82, 2.24) is 0 Å². The monoisotopic (exact) mass is 148 g/mol. The lowest BCUT2D eigenvalue weighted by molar-refractivity contribution is 0.433. The molecule has 0 amide bonds. The quantitative estimate of drug-likeness (QED) is 0.514. The molecule has 54 valence electrons. The summed E-state index contributed by atoms with van der Waals surface area (Å²) in [5, 5.41) is 0. The van der Waals surface area contributed by atoms with Crippen LogP contribution in [0.5, 0.6) is 0 Å². The summed E-state index contributed by atoms with van der Waals surface area (Å²) in [6.07, 6.45) is 2.05. The molecular formula is C9H5FO. The predicted octanol–water partition coefficient (Wildman–Crippen LogP) is 2.25. The van der Waals surface area contributed by atoms with Crippen molar-refractivity contribution in [3.05, 3.63) is 40.9 Å². The van der Waals surface area contributed by atoms with Crippen LogP contribution >= 0.6 is 0 Å². The van der Waals surface area contributed by atoms with Crippen LogP contribution in [-0.2, 0) is 4.74 Å². The van der Waals surface area contributed by atoms with Crippen LogP contribution in [0.1, 0.15) is 17.2 Å². The van der Waals surface area contributed by atoms with Crippen molar-refractivity contribution in [2.24, 2.45) is 0 Å². The molecule has 1 saturated heterocycles. The number of epoxide rings is 1. The Labute approximate surface area is 63.1 Å². The minimum absolute atomic E-state index is 0.158. The number of rotatable bonds is 0. The smallest absolute Gasteiger partial charge is 0.181 e. The Morgan fingerprint density at radius 1 is 1.36 bits per heavy atom.